The van der Waals surface area contributed by atoms with Gasteiger partial charge in [0.25, 0.3) is 0 Å². The van der Waals surface area contributed by atoms with Crippen molar-refractivity contribution in [1.82, 2.24) is 0 Å². The Morgan fingerprint density at radius 2 is 2.00 bits per heavy atom. The summed E-state index contributed by atoms with van der Waals surface area (Å²) < 4.78 is 6.55. The average Bonchev–Trinajstić information content (AvgIpc) is 2.32. The summed E-state index contributed by atoms with van der Waals surface area (Å²) in [5.74, 6) is 1.34. The van der Waals surface area contributed by atoms with Crippen LogP contribution in [0.1, 0.15) is 12.5 Å². The maximum atomic E-state index is 9.82. The maximum Gasteiger partial charge on any atom is 0.169 e. The van der Waals surface area contributed by atoms with Gasteiger partial charge < -0.3 is 9.84 Å². The van der Waals surface area contributed by atoms with Gasteiger partial charge in [0.2, 0.25) is 0 Å². The molecule has 2 nitrogen and oxygen atoms in total. The van der Waals surface area contributed by atoms with Crippen molar-refractivity contribution < 1.29 is 9.84 Å². The fourth-order valence-corrected chi connectivity index (χ4v) is 1.90. The third kappa shape index (κ3) is 3.01. The summed E-state index contributed by atoms with van der Waals surface area (Å²) in [5, 5.41) is 9.82. The second kappa shape index (κ2) is 5.23. The molecule has 2 rings (SSSR count). The van der Waals surface area contributed by atoms with Crippen LogP contribution in [0.5, 0.6) is 17.2 Å². The minimum Gasteiger partial charge on any atom is -0.504 e. The smallest absolute Gasteiger partial charge is 0.169 e. The Balaban J connectivity index is 2.24. The Hall–Kier alpha value is -1.48. The summed E-state index contributed by atoms with van der Waals surface area (Å²) in [6, 6.07) is 13.0. The zero-order valence-electron chi connectivity index (χ0n) is 9.48. The lowest BCUT2D eigenvalue weighted by Gasteiger charge is -2.08. The van der Waals surface area contributed by atoms with Crippen molar-refractivity contribution in [1.29, 1.82) is 0 Å². The molecule has 0 aliphatic rings. The summed E-state index contributed by atoms with van der Waals surface area (Å²) in [5.41, 5.74) is 1.09. The molecule has 0 saturated carbocycles. The molecule has 0 aliphatic heterocycles. The van der Waals surface area contributed by atoms with E-state index in [-0.39, 0.29) is 5.75 Å². The lowest BCUT2D eigenvalue weighted by Crippen LogP contribution is -1.86. The monoisotopic (exact) mass is 292 g/mol. The first-order valence-electron chi connectivity index (χ1n) is 5.44. The van der Waals surface area contributed by atoms with Crippen LogP contribution in [0.3, 0.4) is 0 Å². The summed E-state index contributed by atoms with van der Waals surface area (Å²) in [7, 11) is 0. The molecule has 2 aromatic carbocycles. The number of hydrogen-bond donors (Lipinski definition) is 1. The van der Waals surface area contributed by atoms with Crippen LogP contribution < -0.4 is 4.74 Å². The van der Waals surface area contributed by atoms with Gasteiger partial charge in [-0.15, -0.1) is 0 Å². The predicted octanol–water partition coefficient (Wildman–Crippen LogP) is 4.51. The minimum absolute atomic E-state index is 0.171. The molecule has 0 radical (unpaired) electrons. The van der Waals surface area contributed by atoms with E-state index in [4.69, 9.17) is 4.74 Å². The first-order chi connectivity index (χ1) is 8.19. The second-order valence-corrected chi connectivity index (χ2v) is 4.63. The molecule has 1 N–H and O–H groups in total. The SMILES string of the molecule is CCc1ccc(Oc2cccc(Br)c2)c(O)c1. The topological polar surface area (TPSA) is 29.5 Å². The van der Waals surface area contributed by atoms with Crippen molar-refractivity contribution in [3.8, 4) is 17.2 Å². The van der Waals surface area contributed by atoms with Crippen molar-refractivity contribution in [2.24, 2.45) is 0 Å². The molecule has 0 saturated heterocycles. The number of ether oxygens (including phenoxy) is 1. The Morgan fingerprint density at radius 1 is 1.18 bits per heavy atom. The summed E-state index contributed by atoms with van der Waals surface area (Å²) in [6.45, 7) is 2.05. The van der Waals surface area contributed by atoms with E-state index in [1.165, 1.54) is 0 Å². The van der Waals surface area contributed by atoms with Gasteiger partial charge in [0.05, 0.1) is 0 Å². The normalized spacial score (nSPS) is 10.2. The molecule has 3 heteroatoms. The molecule has 17 heavy (non-hydrogen) atoms. The molecule has 0 unspecified atom stereocenters. The van der Waals surface area contributed by atoms with Crippen molar-refractivity contribution in [2.75, 3.05) is 0 Å². The van der Waals surface area contributed by atoms with Crippen molar-refractivity contribution in [2.45, 2.75) is 13.3 Å². The van der Waals surface area contributed by atoms with Gasteiger partial charge in [0.15, 0.2) is 11.5 Å². The molecule has 2 aromatic rings. The molecule has 0 spiro atoms. The first kappa shape index (κ1) is 12.0. The zero-order chi connectivity index (χ0) is 12.3. The second-order valence-electron chi connectivity index (χ2n) is 3.72. The minimum atomic E-state index is 0.171. The number of rotatable bonds is 3. The van der Waals surface area contributed by atoms with Crippen LogP contribution in [0.4, 0.5) is 0 Å². The molecule has 88 valence electrons. The Morgan fingerprint density at radius 3 is 2.65 bits per heavy atom. The van der Waals surface area contributed by atoms with Gasteiger partial charge in [-0.25, -0.2) is 0 Å². The van der Waals surface area contributed by atoms with E-state index < -0.39 is 0 Å². The fraction of sp³-hybridized carbons (Fsp3) is 0.143. The molecule has 0 fully saturated rings. The number of aryl methyl sites for hydroxylation is 1. The van der Waals surface area contributed by atoms with Gasteiger partial charge in [-0.05, 0) is 42.3 Å². The number of phenolic OH excluding ortho intramolecular Hbond substituents is 1. The highest BCUT2D eigenvalue weighted by molar-refractivity contribution is 9.10. The number of halogens is 1. The largest absolute Gasteiger partial charge is 0.504 e. The van der Waals surface area contributed by atoms with Crippen LogP contribution in [0.15, 0.2) is 46.9 Å². The third-order valence-corrected chi connectivity index (χ3v) is 2.95. The standard InChI is InChI=1S/C14H13BrO2/c1-2-10-6-7-14(13(16)8-10)17-12-5-3-4-11(15)9-12/h3-9,16H,2H2,1H3. The van der Waals surface area contributed by atoms with Crippen LogP contribution in [0.25, 0.3) is 0 Å². The van der Waals surface area contributed by atoms with Gasteiger partial charge in [0, 0.05) is 4.47 Å². The van der Waals surface area contributed by atoms with E-state index in [0.717, 1.165) is 16.5 Å². The number of hydrogen-bond acceptors (Lipinski definition) is 2. The molecular formula is C14H13BrO2. The zero-order valence-corrected chi connectivity index (χ0v) is 11.1. The van der Waals surface area contributed by atoms with Crippen LogP contribution in [0, 0.1) is 0 Å². The van der Waals surface area contributed by atoms with Gasteiger partial charge in [-0.3, -0.25) is 0 Å². The summed E-state index contributed by atoms with van der Waals surface area (Å²) in [4.78, 5) is 0. The lowest BCUT2D eigenvalue weighted by molar-refractivity contribution is 0.410. The van der Waals surface area contributed by atoms with Gasteiger partial charge in [-0.2, -0.15) is 0 Å². The summed E-state index contributed by atoms with van der Waals surface area (Å²) >= 11 is 3.37. The van der Waals surface area contributed by atoms with Gasteiger partial charge >= 0.3 is 0 Å². The highest BCUT2D eigenvalue weighted by atomic mass is 79.9. The fourth-order valence-electron chi connectivity index (χ4n) is 1.53. The Bertz CT molecular complexity index is 523. The summed E-state index contributed by atoms with van der Waals surface area (Å²) in [6.07, 6.45) is 0.894. The molecular weight excluding hydrogens is 280 g/mol. The molecule has 0 atom stereocenters. The molecule has 0 bridgehead atoms. The predicted molar refractivity (Wildman–Crippen MR) is 71.7 cm³/mol. The highest BCUT2D eigenvalue weighted by Crippen LogP contribution is 2.32. The van der Waals surface area contributed by atoms with E-state index in [1.807, 2.05) is 37.3 Å². The Kier molecular flexibility index (Phi) is 3.69. The Labute approximate surface area is 109 Å². The number of phenols is 1. The van der Waals surface area contributed by atoms with E-state index in [0.29, 0.717) is 11.5 Å². The lowest BCUT2D eigenvalue weighted by atomic mass is 10.1. The number of benzene rings is 2. The van der Waals surface area contributed by atoms with Gasteiger partial charge in [0.1, 0.15) is 5.75 Å². The van der Waals surface area contributed by atoms with E-state index in [2.05, 4.69) is 15.9 Å². The molecule has 0 aromatic heterocycles. The van der Waals surface area contributed by atoms with Gasteiger partial charge in [-0.1, -0.05) is 35.0 Å². The molecule has 0 amide bonds. The van der Waals surface area contributed by atoms with Crippen molar-refractivity contribution in [3.05, 3.63) is 52.5 Å². The quantitative estimate of drug-likeness (QED) is 0.902. The third-order valence-electron chi connectivity index (χ3n) is 2.46. The molecule has 0 heterocycles. The first-order valence-corrected chi connectivity index (χ1v) is 6.23. The van der Waals surface area contributed by atoms with Crippen molar-refractivity contribution in [3.63, 3.8) is 0 Å². The van der Waals surface area contributed by atoms with Crippen molar-refractivity contribution >= 4 is 15.9 Å². The van der Waals surface area contributed by atoms with E-state index in [1.54, 1.807) is 12.1 Å². The van der Waals surface area contributed by atoms with Crippen LogP contribution >= 0.6 is 15.9 Å². The van der Waals surface area contributed by atoms with E-state index >= 15 is 0 Å². The highest BCUT2D eigenvalue weighted by Gasteiger charge is 2.04. The van der Waals surface area contributed by atoms with Crippen LogP contribution in [-0.2, 0) is 6.42 Å². The van der Waals surface area contributed by atoms with Crippen LogP contribution in [-0.4, -0.2) is 5.11 Å². The van der Waals surface area contributed by atoms with E-state index in [9.17, 15) is 5.11 Å². The average molecular weight is 293 g/mol. The molecule has 0 aliphatic carbocycles. The van der Waals surface area contributed by atoms with Crippen LogP contribution in [0.2, 0.25) is 0 Å². The maximum absolute atomic E-state index is 9.82. The number of aromatic hydroxyl groups is 1.